The van der Waals surface area contributed by atoms with Gasteiger partial charge in [0.1, 0.15) is 6.54 Å². The van der Waals surface area contributed by atoms with E-state index in [1.165, 1.54) is 6.42 Å². The van der Waals surface area contributed by atoms with Crippen LogP contribution in [0.5, 0.6) is 11.5 Å². The lowest BCUT2D eigenvalue weighted by molar-refractivity contribution is -0.132. The molecule has 0 spiro atoms. The molecule has 0 radical (unpaired) electrons. The minimum Gasteiger partial charge on any atom is -0.493 e. The molecule has 2 heterocycles. The van der Waals surface area contributed by atoms with Crippen LogP contribution in [-0.4, -0.2) is 52.9 Å². The van der Waals surface area contributed by atoms with Gasteiger partial charge in [-0.1, -0.05) is 36.0 Å². The molecule has 0 atom stereocenters. The molecule has 4 rings (SSSR count). The van der Waals surface area contributed by atoms with Crippen molar-refractivity contribution in [2.24, 2.45) is 0 Å². The van der Waals surface area contributed by atoms with Crippen LogP contribution in [0.3, 0.4) is 0 Å². The van der Waals surface area contributed by atoms with Crippen molar-refractivity contribution in [1.82, 2.24) is 14.5 Å². The fourth-order valence-electron chi connectivity index (χ4n) is 3.72. The van der Waals surface area contributed by atoms with Crippen molar-refractivity contribution in [3.05, 3.63) is 48.5 Å². The zero-order chi connectivity index (χ0) is 20.8. The summed E-state index contributed by atoms with van der Waals surface area (Å²) in [5, 5.41) is 0.852. The van der Waals surface area contributed by atoms with Gasteiger partial charge in [0.05, 0.1) is 24.8 Å². The maximum Gasteiger partial charge on any atom is 0.242 e. The molecule has 1 aliphatic heterocycles. The predicted octanol–water partition coefficient (Wildman–Crippen LogP) is 4.23. The lowest BCUT2D eigenvalue weighted by Crippen LogP contribution is -2.37. The molecule has 1 aliphatic rings. The van der Waals surface area contributed by atoms with Gasteiger partial charge >= 0.3 is 0 Å². The Kier molecular flexibility index (Phi) is 6.79. The van der Waals surface area contributed by atoms with Crippen molar-refractivity contribution in [3.8, 4) is 11.5 Å². The number of piperidine rings is 1. The van der Waals surface area contributed by atoms with Gasteiger partial charge in [-0.15, -0.1) is 0 Å². The summed E-state index contributed by atoms with van der Waals surface area (Å²) in [5.74, 6) is 2.35. The van der Waals surface area contributed by atoms with E-state index in [4.69, 9.17) is 14.5 Å². The normalized spacial score (nSPS) is 14.1. The van der Waals surface area contributed by atoms with Gasteiger partial charge < -0.3 is 18.9 Å². The number of carbonyl (C=O) groups is 1. The summed E-state index contributed by atoms with van der Waals surface area (Å²) in [6, 6.07) is 15.6. The summed E-state index contributed by atoms with van der Waals surface area (Å²) >= 11 is 1.61. The van der Waals surface area contributed by atoms with Crippen LogP contribution >= 0.6 is 11.8 Å². The smallest absolute Gasteiger partial charge is 0.242 e. The summed E-state index contributed by atoms with van der Waals surface area (Å²) in [4.78, 5) is 19.6. The predicted molar refractivity (Wildman–Crippen MR) is 119 cm³/mol. The second-order valence-electron chi connectivity index (χ2n) is 7.26. The SMILES string of the molecule is COc1ccccc1OCCSc1nc2ccccc2n1CC(=O)N1CCCCC1. The van der Waals surface area contributed by atoms with Crippen LogP contribution in [0, 0.1) is 0 Å². The van der Waals surface area contributed by atoms with Gasteiger partial charge in [-0.2, -0.15) is 0 Å². The summed E-state index contributed by atoms with van der Waals surface area (Å²) in [6.45, 7) is 2.58. The highest BCUT2D eigenvalue weighted by molar-refractivity contribution is 7.99. The average Bonchev–Trinajstić information content (AvgIpc) is 3.14. The van der Waals surface area contributed by atoms with Crippen molar-refractivity contribution in [3.63, 3.8) is 0 Å². The molecule has 0 aliphatic carbocycles. The molecular weight excluding hydrogens is 398 g/mol. The molecule has 7 heteroatoms. The highest BCUT2D eigenvalue weighted by Crippen LogP contribution is 2.27. The zero-order valence-corrected chi connectivity index (χ0v) is 18.1. The van der Waals surface area contributed by atoms with E-state index >= 15 is 0 Å². The summed E-state index contributed by atoms with van der Waals surface area (Å²) < 4.78 is 13.3. The number of hydrogen-bond donors (Lipinski definition) is 0. The topological polar surface area (TPSA) is 56.6 Å². The Morgan fingerprint density at radius 3 is 2.57 bits per heavy atom. The number of hydrogen-bond acceptors (Lipinski definition) is 5. The lowest BCUT2D eigenvalue weighted by Gasteiger charge is -2.27. The van der Waals surface area contributed by atoms with E-state index in [9.17, 15) is 4.79 Å². The number of amides is 1. The van der Waals surface area contributed by atoms with E-state index in [1.807, 2.05) is 58.0 Å². The second-order valence-corrected chi connectivity index (χ2v) is 8.32. The molecule has 1 saturated heterocycles. The van der Waals surface area contributed by atoms with Crippen LogP contribution in [0.4, 0.5) is 0 Å². The highest BCUT2D eigenvalue weighted by atomic mass is 32.2. The summed E-state index contributed by atoms with van der Waals surface area (Å²) in [5.41, 5.74) is 1.91. The van der Waals surface area contributed by atoms with Gasteiger partial charge in [0, 0.05) is 18.8 Å². The number of para-hydroxylation sites is 4. The van der Waals surface area contributed by atoms with Crippen molar-refractivity contribution in [1.29, 1.82) is 0 Å². The number of imidazole rings is 1. The quantitative estimate of drug-likeness (QED) is 0.399. The zero-order valence-electron chi connectivity index (χ0n) is 17.3. The van der Waals surface area contributed by atoms with Crippen LogP contribution in [0.25, 0.3) is 11.0 Å². The van der Waals surface area contributed by atoms with Crippen molar-refractivity contribution < 1.29 is 14.3 Å². The number of carbonyl (C=O) groups excluding carboxylic acids is 1. The first-order valence-corrected chi connectivity index (χ1v) is 11.4. The molecule has 0 saturated carbocycles. The number of aromatic nitrogens is 2. The van der Waals surface area contributed by atoms with Gasteiger partial charge in [0.2, 0.25) is 5.91 Å². The third kappa shape index (κ3) is 4.73. The molecule has 1 amide bonds. The molecule has 1 fully saturated rings. The van der Waals surface area contributed by atoms with E-state index in [2.05, 4.69) is 0 Å². The van der Waals surface area contributed by atoms with Crippen LogP contribution in [0.2, 0.25) is 0 Å². The molecular formula is C23H27N3O3S. The molecule has 0 unspecified atom stereocenters. The number of methoxy groups -OCH3 is 1. The van der Waals surface area contributed by atoms with Crippen LogP contribution in [0.1, 0.15) is 19.3 Å². The highest BCUT2D eigenvalue weighted by Gasteiger charge is 2.20. The third-order valence-corrected chi connectivity index (χ3v) is 6.20. The van der Waals surface area contributed by atoms with E-state index in [0.29, 0.717) is 13.2 Å². The standard InChI is InChI=1S/C23H27N3O3S/c1-28-20-11-5-6-12-21(20)29-15-16-30-23-24-18-9-3-4-10-19(18)26(23)17-22(27)25-13-7-2-8-14-25/h3-6,9-12H,2,7-8,13-17H2,1H3. The third-order valence-electron chi connectivity index (χ3n) is 5.26. The number of nitrogens with zero attached hydrogens (tertiary/aromatic N) is 3. The van der Waals surface area contributed by atoms with E-state index in [1.54, 1.807) is 18.9 Å². The molecule has 3 aromatic rings. The Morgan fingerprint density at radius 2 is 1.77 bits per heavy atom. The molecule has 0 N–H and O–H groups in total. The Bertz CT molecular complexity index is 998. The van der Waals surface area contributed by atoms with E-state index in [0.717, 1.165) is 59.4 Å². The van der Waals surface area contributed by atoms with Crippen LogP contribution in [-0.2, 0) is 11.3 Å². The number of benzene rings is 2. The van der Waals surface area contributed by atoms with Crippen LogP contribution in [0.15, 0.2) is 53.7 Å². The number of thioether (sulfide) groups is 1. The minimum atomic E-state index is 0.171. The molecule has 0 bridgehead atoms. The van der Waals surface area contributed by atoms with Gasteiger partial charge in [0.15, 0.2) is 16.7 Å². The van der Waals surface area contributed by atoms with E-state index < -0.39 is 0 Å². The Morgan fingerprint density at radius 1 is 1.03 bits per heavy atom. The molecule has 6 nitrogen and oxygen atoms in total. The first-order valence-electron chi connectivity index (χ1n) is 10.4. The Hall–Kier alpha value is -2.67. The van der Waals surface area contributed by atoms with Crippen molar-refractivity contribution in [2.45, 2.75) is 31.0 Å². The summed E-state index contributed by atoms with van der Waals surface area (Å²) in [7, 11) is 1.64. The van der Waals surface area contributed by atoms with E-state index in [-0.39, 0.29) is 5.91 Å². The Labute approximate surface area is 181 Å². The van der Waals surface area contributed by atoms with Gasteiger partial charge in [-0.05, 0) is 43.5 Å². The monoisotopic (exact) mass is 425 g/mol. The Balaban J connectivity index is 1.44. The van der Waals surface area contributed by atoms with Gasteiger partial charge in [-0.3, -0.25) is 4.79 Å². The van der Waals surface area contributed by atoms with Crippen molar-refractivity contribution in [2.75, 3.05) is 32.6 Å². The lowest BCUT2D eigenvalue weighted by atomic mass is 10.1. The maximum absolute atomic E-state index is 12.9. The average molecular weight is 426 g/mol. The number of likely N-dealkylation sites (tertiary alicyclic amines) is 1. The van der Waals surface area contributed by atoms with Crippen LogP contribution < -0.4 is 9.47 Å². The van der Waals surface area contributed by atoms with Crippen molar-refractivity contribution >= 4 is 28.7 Å². The fraction of sp³-hybridized carbons (Fsp3) is 0.391. The largest absolute Gasteiger partial charge is 0.493 e. The molecule has 2 aromatic carbocycles. The first-order chi connectivity index (χ1) is 14.8. The van der Waals surface area contributed by atoms with Gasteiger partial charge in [-0.25, -0.2) is 4.98 Å². The fourth-order valence-corrected chi connectivity index (χ4v) is 4.55. The molecule has 30 heavy (non-hydrogen) atoms. The molecule has 158 valence electrons. The number of fused-ring (bicyclic) bond motifs is 1. The summed E-state index contributed by atoms with van der Waals surface area (Å²) in [6.07, 6.45) is 3.40. The maximum atomic E-state index is 12.9. The first kappa shape index (κ1) is 20.6. The van der Waals surface area contributed by atoms with Gasteiger partial charge in [0.25, 0.3) is 0 Å². The second kappa shape index (κ2) is 9.89. The number of ether oxygens (including phenoxy) is 2. The molecule has 1 aromatic heterocycles. The minimum absolute atomic E-state index is 0.171. The number of rotatable bonds is 8.